The molecule has 0 N–H and O–H groups in total. The van der Waals surface area contributed by atoms with Crippen LogP contribution in [0.25, 0.3) is 0 Å². The predicted octanol–water partition coefficient (Wildman–Crippen LogP) is 8.85. The van der Waals surface area contributed by atoms with E-state index >= 15 is 0 Å². The van der Waals surface area contributed by atoms with Gasteiger partial charge in [-0.2, -0.15) is 0 Å². The van der Waals surface area contributed by atoms with E-state index in [1.807, 2.05) is 0 Å². The first kappa shape index (κ1) is 29.9. The monoisotopic (exact) mass is 579 g/mol. The van der Waals surface area contributed by atoms with Crippen molar-refractivity contribution in [3.63, 3.8) is 0 Å². The second-order valence-electron chi connectivity index (χ2n) is 13.2. The molecule has 0 aromatic carbocycles. The van der Waals surface area contributed by atoms with Crippen molar-refractivity contribution in [2.45, 2.75) is 136 Å². The van der Waals surface area contributed by atoms with Crippen molar-refractivity contribution in [1.29, 1.82) is 0 Å². The summed E-state index contributed by atoms with van der Waals surface area (Å²) in [6.07, 6.45) is 3.28. The molecule has 0 aromatic rings. The van der Waals surface area contributed by atoms with Crippen molar-refractivity contribution >= 4 is 62.2 Å². The van der Waals surface area contributed by atoms with Crippen LogP contribution in [0.5, 0.6) is 0 Å². The van der Waals surface area contributed by atoms with E-state index in [0.717, 1.165) is 5.35 Å². The van der Waals surface area contributed by atoms with Gasteiger partial charge in [-0.3, -0.25) is 0 Å². The van der Waals surface area contributed by atoms with Crippen LogP contribution in [-0.4, -0.2) is 62.2 Å². The Balaban J connectivity index is 0.000000887. The van der Waals surface area contributed by atoms with Gasteiger partial charge >= 0.3 is 150 Å². The summed E-state index contributed by atoms with van der Waals surface area (Å²) in [5.41, 5.74) is 0. The summed E-state index contributed by atoms with van der Waals surface area (Å²) in [7, 11) is -4.16. The Morgan fingerprint density at radius 3 is 0.821 bits per heavy atom. The van der Waals surface area contributed by atoms with E-state index in [2.05, 4.69) is 99.3 Å². The first-order valence-electron chi connectivity index (χ1n) is 11.9. The van der Waals surface area contributed by atoms with Crippen LogP contribution in [0.2, 0.25) is 102 Å². The fourth-order valence-electron chi connectivity index (χ4n) is 6.11. The van der Waals surface area contributed by atoms with E-state index in [4.69, 9.17) is 0 Å². The fraction of sp³-hybridized carbons (Fsp3) is 1.00. The van der Waals surface area contributed by atoms with Crippen LogP contribution in [0.15, 0.2) is 0 Å². The molecule has 1 aliphatic heterocycles. The molecule has 28 heavy (non-hydrogen) atoms. The Hall–Kier alpha value is 1.88. The summed E-state index contributed by atoms with van der Waals surface area (Å²) >= 11 is -0.375. The first-order valence-corrected chi connectivity index (χ1v) is 30.9. The molecule has 0 nitrogen and oxygen atoms in total. The third kappa shape index (κ3) is 6.23. The third-order valence-electron chi connectivity index (χ3n) is 7.92. The maximum atomic E-state index is 2.72. The van der Waals surface area contributed by atoms with Gasteiger partial charge in [-0.25, -0.2) is 0 Å². The zero-order valence-corrected chi connectivity index (χ0v) is 30.4. The summed E-state index contributed by atoms with van der Waals surface area (Å²) in [4.78, 5) is 0. The van der Waals surface area contributed by atoms with Crippen molar-refractivity contribution in [2.75, 3.05) is 0 Å². The first-order chi connectivity index (χ1) is 12.3. The zero-order chi connectivity index (χ0) is 22.8. The molecule has 1 aliphatic rings. The molecule has 0 aromatic heterocycles. The van der Waals surface area contributed by atoms with Gasteiger partial charge in [-0.15, -0.1) is 0 Å². The summed E-state index contributed by atoms with van der Waals surface area (Å²) in [6.45, 7) is 39.5. The van der Waals surface area contributed by atoms with Gasteiger partial charge in [0.25, 0.3) is 0 Å². The van der Waals surface area contributed by atoms with Gasteiger partial charge in [0.05, 0.1) is 0 Å². The van der Waals surface area contributed by atoms with Gasteiger partial charge in [-0.05, 0) is 0 Å². The standard InChI is InChI=1S/C16H40Si4.C6H15Si.Sn/c1-17(2,3)15(18(4,5)6)13-14-16(19(7,8)9)20(10,11)12;1-4-7(5-2)6-3;/h13-14H2,1-12H3;4-6H2,1-3H3;/q;;+1. The van der Waals surface area contributed by atoms with Crippen molar-refractivity contribution < 1.29 is 0 Å². The molecule has 0 amide bonds. The summed E-state index contributed by atoms with van der Waals surface area (Å²) in [5.74, 6) is 0. The average Bonchev–Trinajstić information content (AvgIpc) is 2.92. The van der Waals surface area contributed by atoms with Gasteiger partial charge in [0, 0.05) is 8.80 Å². The molecule has 1 heterocycles. The summed E-state index contributed by atoms with van der Waals surface area (Å²) < 4.78 is 1.87. The van der Waals surface area contributed by atoms with Crippen molar-refractivity contribution in [1.82, 2.24) is 0 Å². The van der Waals surface area contributed by atoms with Crippen LogP contribution in [0.1, 0.15) is 33.6 Å². The van der Waals surface area contributed by atoms with Crippen LogP contribution in [-0.2, 0) is 0 Å². The summed E-state index contributed by atoms with van der Waals surface area (Å²) in [6, 6.07) is 4.37. The average molecular weight is 579 g/mol. The molecule has 1 fully saturated rings. The predicted molar refractivity (Wildman–Crippen MR) is 151 cm³/mol. The molecule has 6 heteroatoms. The van der Waals surface area contributed by atoms with Gasteiger partial charge in [0.15, 0.2) is 0 Å². The fourth-order valence-corrected chi connectivity index (χ4v) is 56.0. The van der Waals surface area contributed by atoms with Crippen molar-refractivity contribution in [3.8, 4) is 0 Å². The maximum absolute atomic E-state index is 2.72. The Kier molecular flexibility index (Phi) is 10.9. The van der Waals surface area contributed by atoms with Crippen LogP contribution in [0.3, 0.4) is 0 Å². The molecule has 0 spiro atoms. The third-order valence-corrected chi connectivity index (χ3v) is 64.1. The Bertz CT molecular complexity index is 402. The molecule has 0 atom stereocenters. The molecular formula is C22H55Si5Sn+. The molecule has 166 valence electrons. The molecule has 2 radical (unpaired) electrons. The van der Waals surface area contributed by atoms with Crippen LogP contribution < -0.4 is 0 Å². The van der Waals surface area contributed by atoms with Crippen LogP contribution in [0.4, 0.5) is 0 Å². The Labute approximate surface area is 196 Å². The van der Waals surface area contributed by atoms with Crippen molar-refractivity contribution in [2.24, 2.45) is 0 Å². The molecule has 0 bridgehead atoms. The molecule has 1 rings (SSSR count). The van der Waals surface area contributed by atoms with Gasteiger partial charge in [-0.1, -0.05) is 38.9 Å². The SMILES string of the molecule is CC[Si](CC)CC.C[Si](C)(C)[C]1([Si](C)(C)C)CC[C]([Si](C)(C)C)([Si](C)(C)C)[Sn+]1. The number of rotatable bonds is 7. The van der Waals surface area contributed by atoms with Gasteiger partial charge in [0.2, 0.25) is 0 Å². The number of hydrogen-bond acceptors (Lipinski definition) is 0. The van der Waals surface area contributed by atoms with E-state index in [9.17, 15) is 0 Å². The minimum atomic E-state index is -1.07. The topological polar surface area (TPSA) is 0 Å². The Morgan fingerprint density at radius 2 is 0.750 bits per heavy atom. The molecule has 0 unspecified atom stereocenters. The number of hydrogen-bond donors (Lipinski definition) is 0. The normalized spacial score (nSPS) is 19.9. The van der Waals surface area contributed by atoms with E-state index in [1.165, 1.54) is 18.1 Å². The van der Waals surface area contributed by atoms with E-state index in [-0.39, 0.29) is 29.9 Å². The van der Waals surface area contributed by atoms with Crippen molar-refractivity contribution in [3.05, 3.63) is 0 Å². The van der Waals surface area contributed by atoms with Gasteiger partial charge in [0.1, 0.15) is 0 Å². The minimum absolute atomic E-state index is 0.137. The quantitative estimate of drug-likeness (QED) is 0.265. The Morgan fingerprint density at radius 1 is 0.536 bits per heavy atom. The molecule has 0 saturated carbocycles. The second kappa shape index (κ2) is 10.2. The van der Waals surface area contributed by atoms with Crippen LogP contribution in [0, 0.1) is 0 Å². The van der Waals surface area contributed by atoms with Crippen LogP contribution >= 0.6 is 0 Å². The van der Waals surface area contributed by atoms with E-state index in [1.54, 1.807) is 12.8 Å². The molecular weight excluding hydrogens is 523 g/mol. The molecule has 0 aliphatic carbocycles. The summed E-state index contributed by atoms with van der Waals surface area (Å²) in [5, 5.41) is 0. The second-order valence-corrected chi connectivity index (χ2v) is 50.6. The zero-order valence-electron chi connectivity index (χ0n) is 22.5. The molecule has 1 saturated heterocycles. The van der Waals surface area contributed by atoms with Gasteiger partial charge < -0.3 is 0 Å². The van der Waals surface area contributed by atoms with E-state index < -0.39 is 32.3 Å². The van der Waals surface area contributed by atoms with E-state index in [0.29, 0.717) is 0 Å².